The maximum Gasteiger partial charge on any atom is 0.305 e. The van der Waals surface area contributed by atoms with E-state index in [2.05, 4.69) is 14.9 Å². The Balaban J connectivity index is 4.35. The van der Waals surface area contributed by atoms with Gasteiger partial charge in [0.05, 0.1) is 20.8 Å². The Bertz CT molecular complexity index is 482. The number of carbonyl (C=O) groups is 4. The quantitative estimate of drug-likeness (QED) is 0.284. The van der Waals surface area contributed by atoms with Crippen LogP contribution < -0.4 is 5.43 Å². The molecule has 2 amide bonds. The Kier molecular flexibility index (Phi) is 13.8. The van der Waals surface area contributed by atoms with E-state index in [1.807, 2.05) is 19.0 Å². The third-order valence-electron chi connectivity index (χ3n) is 3.84. The van der Waals surface area contributed by atoms with Gasteiger partial charge in [-0.2, -0.15) is 0 Å². The van der Waals surface area contributed by atoms with Crippen LogP contribution in [0.3, 0.4) is 0 Å². The molecule has 0 bridgehead atoms. The summed E-state index contributed by atoms with van der Waals surface area (Å²) in [6.07, 6.45) is 3.21. The Morgan fingerprint density at radius 2 is 1.22 bits per heavy atom. The fourth-order valence-electron chi connectivity index (χ4n) is 2.19. The molecule has 0 rings (SSSR count). The molecule has 156 valence electrons. The Labute approximate surface area is 161 Å². The highest BCUT2D eigenvalue weighted by atomic mass is 16.5. The van der Waals surface area contributed by atoms with Crippen molar-refractivity contribution in [1.29, 1.82) is 0 Å². The molecular formula is C18H33N3O6. The van der Waals surface area contributed by atoms with Crippen molar-refractivity contribution in [2.75, 3.05) is 41.4 Å². The van der Waals surface area contributed by atoms with Crippen molar-refractivity contribution in [2.24, 2.45) is 0 Å². The van der Waals surface area contributed by atoms with E-state index in [4.69, 9.17) is 0 Å². The number of methoxy groups -OCH3 is 2. The number of hydrazine groups is 1. The van der Waals surface area contributed by atoms with Crippen LogP contribution in [0.5, 0.6) is 0 Å². The van der Waals surface area contributed by atoms with Gasteiger partial charge in [0.25, 0.3) is 0 Å². The zero-order valence-corrected chi connectivity index (χ0v) is 16.9. The maximum atomic E-state index is 12.4. The number of likely N-dealkylation sites (N-methyl/N-ethyl adjacent to an activating group) is 1. The second-order valence-electron chi connectivity index (χ2n) is 6.45. The highest BCUT2D eigenvalue weighted by molar-refractivity contribution is 5.82. The van der Waals surface area contributed by atoms with Gasteiger partial charge in [-0.3, -0.25) is 29.6 Å². The van der Waals surface area contributed by atoms with E-state index < -0.39 is 0 Å². The van der Waals surface area contributed by atoms with Gasteiger partial charge in [-0.25, -0.2) is 0 Å². The van der Waals surface area contributed by atoms with Crippen LogP contribution in [0.1, 0.15) is 51.4 Å². The predicted octanol–water partition coefficient (Wildman–Crippen LogP) is 0.875. The van der Waals surface area contributed by atoms with Gasteiger partial charge in [0.2, 0.25) is 11.8 Å². The molecule has 0 saturated carbocycles. The summed E-state index contributed by atoms with van der Waals surface area (Å²) in [5.41, 5.74) is 2.65. The maximum absolute atomic E-state index is 12.4. The normalized spacial score (nSPS) is 10.4. The van der Waals surface area contributed by atoms with Crippen molar-refractivity contribution in [2.45, 2.75) is 51.4 Å². The van der Waals surface area contributed by atoms with E-state index >= 15 is 0 Å². The molecule has 27 heavy (non-hydrogen) atoms. The summed E-state index contributed by atoms with van der Waals surface area (Å²) in [7, 11) is 6.42. The first kappa shape index (κ1) is 24.8. The van der Waals surface area contributed by atoms with Gasteiger partial charge in [-0.1, -0.05) is 0 Å². The molecule has 9 heteroatoms. The lowest BCUT2D eigenvalue weighted by Gasteiger charge is -2.25. The number of unbranched alkanes of at least 4 members (excludes halogenated alkanes) is 2. The minimum absolute atomic E-state index is 0.190. The van der Waals surface area contributed by atoms with Gasteiger partial charge in [-0.15, -0.1) is 0 Å². The molecular weight excluding hydrogens is 354 g/mol. The van der Waals surface area contributed by atoms with Gasteiger partial charge in [-0.05, 0) is 39.8 Å². The molecule has 0 aliphatic carbocycles. The third-order valence-corrected chi connectivity index (χ3v) is 3.84. The highest BCUT2D eigenvalue weighted by Gasteiger charge is 2.16. The number of nitrogens with one attached hydrogen (secondary N) is 1. The number of carbonyl (C=O) groups excluding carboxylic acids is 4. The summed E-state index contributed by atoms with van der Waals surface area (Å²) in [5, 5.41) is 1.33. The molecule has 0 aromatic heterocycles. The third kappa shape index (κ3) is 13.7. The lowest BCUT2D eigenvalue weighted by Crippen LogP contribution is -2.48. The van der Waals surface area contributed by atoms with E-state index in [1.165, 1.54) is 19.2 Å². The molecule has 0 aromatic rings. The van der Waals surface area contributed by atoms with Gasteiger partial charge in [0.1, 0.15) is 0 Å². The minimum atomic E-state index is -0.301. The van der Waals surface area contributed by atoms with Gasteiger partial charge < -0.3 is 14.4 Å². The fourth-order valence-corrected chi connectivity index (χ4v) is 2.19. The number of ether oxygens (including phenoxy) is 2. The molecule has 0 saturated heterocycles. The minimum Gasteiger partial charge on any atom is -0.469 e. The predicted molar refractivity (Wildman–Crippen MR) is 99.4 cm³/mol. The van der Waals surface area contributed by atoms with E-state index in [0.29, 0.717) is 38.8 Å². The molecule has 0 fully saturated rings. The van der Waals surface area contributed by atoms with Crippen LogP contribution in [0.2, 0.25) is 0 Å². The zero-order chi connectivity index (χ0) is 20.7. The first-order valence-electron chi connectivity index (χ1n) is 9.18. The monoisotopic (exact) mass is 387 g/mol. The van der Waals surface area contributed by atoms with Gasteiger partial charge in [0, 0.05) is 32.2 Å². The largest absolute Gasteiger partial charge is 0.469 e. The van der Waals surface area contributed by atoms with Crippen LogP contribution in [0.15, 0.2) is 0 Å². The molecule has 0 heterocycles. The van der Waals surface area contributed by atoms with Gasteiger partial charge in [0.15, 0.2) is 0 Å². The van der Waals surface area contributed by atoms with E-state index in [1.54, 1.807) is 0 Å². The van der Waals surface area contributed by atoms with Gasteiger partial charge >= 0.3 is 11.9 Å². The van der Waals surface area contributed by atoms with Crippen molar-refractivity contribution >= 4 is 23.8 Å². The molecule has 0 radical (unpaired) electrons. The molecule has 0 aliphatic rings. The number of hydrogen-bond acceptors (Lipinski definition) is 7. The Hall–Kier alpha value is -2.16. The second-order valence-corrected chi connectivity index (χ2v) is 6.45. The van der Waals surface area contributed by atoms with E-state index in [-0.39, 0.29) is 49.4 Å². The van der Waals surface area contributed by atoms with Crippen molar-refractivity contribution in [3.05, 3.63) is 0 Å². The summed E-state index contributed by atoms with van der Waals surface area (Å²) in [6.45, 7) is 0.979. The molecule has 0 aromatic carbocycles. The molecule has 0 atom stereocenters. The lowest BCUT2D eigenvalue weighted by atomic mass is 10.2. The van der Waals surface area contributed by atoms with Crippen molar-refractivity contribution in [3.63, 3.8) is 0 Å². The average molecular weight is 387 g/mol. The zero-order valence-electron chi connectivity index (χ0n) is 16.9. The SMILES string of the molecule is COC(=O)CCCCC(=O)NN(CCN(C)C)C(=O)CCCCC(=O)OC. The summed E-state index contributed by atoms with van der Waals surface area (Å²) in [4.78, 5) is 48.5. The molecule has 0 aliphatic heterocycles. The smallest absolute Gasteiger partial charge is 0.305 e. The number of esters is 2. The fraction of sp³-hybridized carbons (Fsp3) is 0.778. The molecule has 9 nitrogen and oxygen atoms in total. The van der Waals surface area contributed by atoms with Crippen LogP contribution in [-0.2, 0) is 28.7 Å². The highest BCUT2D eigenvalue weighted by Crippen LogP contribution is 2.05. The van der Waals surface area contributed by atoms with Crippen molar-refractivity contribution in [3.8, 4) is 0 Å². The first-order chi connectivity index (χ1) is 12.8. The summed E-state index contributed by atoms with van der Waals surface area (Å²) in [5.74, 6) is -1.05. The topological polar surface area (TPSA) is 105 Å². The van der Waals surface area contributed by atoms with Crippen LogP contribution in [0.25, 0.3) is 0 Å². The van der Waals surface area contributed by atoms with Crippen molar-refractivity contribution < 1.29 is 28.7 Å². The first-order valence-corrected chi connectivity index (χ1v) is 9.18. The summed E-state index contributed by atoms with van der Waals surface area (Å²) in [6, 6.07) is 0. The van der Waals surface area contributed by atoms with Crippen LogP contribution in [0.4, 0.5) is 0 Å². The standard InChI is InChI=1S/C18H33N3O6/c1-20(2)13-14-21(16(23)10-6-8-12-18(25)27-4)19-15(22)9-5-7-11-17(24)26-3/h5-14H2,1-4H3,(H,19,22). The number of hydrogen-bond donors (Lipinski definition) is 1. The van der Waals surface area contributed by atoms with E-state index in [0.717, 1.165) is 0 Å². The number of rotatable bonds is 13. The van der Waals surface area contributed by atoms with Crippen LogP contribution >= 0.6 is 0 Å². The summed E-state index contributed by atoms with van der Waals surface area (Å²) < 4.78 is 9.12. The number of amides is 2. The van der Waals surface area contributed by atoms with E-state index in [9.17, 15) is 19.2 Å². The van der Waals surface area contributed by atoms with Crippen LogP contribution in [0, 0.1) is 0 Å². The lowest BCUT2D eigenvalue weighted by molar-refractivity contribution is -0.143. The Morgan fingerprint density at radius 3 is 1.70 bits per heavy atom. The van der Waals surface area contributed by atoms with Crippen molar-refractivity contribution in [1.82, 2.24) is 15.3 Å². The molecule has 0 unspecified atom stereocenters. The number of nitrogens with zero attached hydrogens (tertiary/aromatic N) is 2. The molecule has 0 spiro atoms. The van der Waals surface area contributed by atoms with Crippen LogP contribution in [-0.4, -0.2) is 75.1 Å². The second kappa shape index (κ2) is 15.0. The Morgan fingerprint density at radius 1 is 0.741 bits per heavy atom. The molecule has 1 N–H and O–H groups in total. The average Bonchev–Trinajstić information content (AvgIpc) is 2.64. The summed E-state index contributed by atoms with van der Waals surface area (Å²) >= 11 is 0.